The quantitative estimate of drug-likeness (QED) is 0.277. The van der Waals surface area contributed by atoms with Crippen molar-refractivity contribution in [2.24, 2.45) is 0 Å². The van der Waals surface area contributed by atoms with Crippen LogP contribution in [-0.2, 0) is 36.6 Å². The van der Waals surface area contributed by atoms with Gasteiger partial charge in [-0.2, -0.15) is 0 Å². The van der Waals surface area contributed by atoms with E-state index in [1.54, 1.807) is 0 Å². The minimum Gasteiger partial charge on any atom is -0.481 e. The number of ether oxygens (including phenoxy) is 3. The summed E-state index contributed by atoms with van der Waals surface area (Å²) in [4.78, 5) is 21.6. The molecule has 0 radical (unpaired) electrons. The lowest BCUT2D eigenvalue weighted by Crippen LogP contribution is -2.24. The van der Waals surface area contributed by atoms with Crippen LogP contribution in [0.5, 0.6) is 0 Å². The monoisotopic (exact) mass is 512 g/mol. The lowest BCUT2D eigenvalue weighted by Gasteiger charge is -2.19. The van der Waals surface area contributed by atoms with Crippen molar-refractivity contribution in [3.8, 4) is 0 Å². The van der Waals surface area contributed by atoms with Gasteiger partial charge in [0.05, 0.1) is 39.3 Å². The number of rotatable bonds is 12. The third kappa shape index (κ3) is 16.5. The number of esters is 1. The minimum absolute atomic E-state index is 0.0511. The Kier molecular flexibility index (Phi) is 14.5. The maximum absolute atomic E-state index is 11.4. The standard InChI is InChI=1S/C15H21ClO3.C11H13ClO3/c1-15(2,3)19-14(17)8-10-18-9-7-12-5-4-6-13(16)11-12;12-10-3-1-2-9(8-10)4-6-15-7-5-11(13)14/h4-6,11H,7-10H2,1-3H3;1-3,8H,4-7H2,(H,13,14). The normalized spacial score (nSPS) is 10.9. The van der Waals surface area contributed by atoms with Crippen LogP contribution in [0.25, 0.3) is 0 Å². The van der Waals surface area contributed by atoms with E-state index in [2.05, 4.69) is 0 Å². The van der Waals surface area contributed by atoms with E-state index in [4.69, 9.17) is 42.5 Å². The van der Waals surface area contributed by atoms with Crippen molar-refractivity contribution in [3.05, 3.63) is 69.7 Å². The molecule has 0 unspecified atom stereocenters. The van der Waals surface area contributed by atoms with Gasteiger partial charge in [0.1, 0.15) is 5.60 Å². The molecule has 2 rings (SSSR count). The van der Waals surface area contributed by atoms with E-state index in [9.17, 15) is 9.59 Å². The van der Waals surface area contributed by atoms with E-state index < -0.39 is 11.6 Å². The van der Waals surface area contributed by atoms with Crippen molar-refractivity contribution in [1.29, 1.82) is 0 Å². The van der Waals surface area contributed by atoms with E-state index in [0.29, 0.717) is 24.8 Å². The smallest absolute Gasteiger partial charge is 0.308 e. The number of hydrogen-bond acceptors (Lipinski definition) is 5. The first kappa shape index (κ1) is 29.9. The second-order valence-corrected chi connectivity index (χ2v) is 9.34. The molecule has 8 heteroatoms. The number of benzene rings is 2. The Balaban J connectivity index is 0.000000350. The van der Waals surface area contributed by atoms with Crippen LogP contribution in [0.2, 0.25) is 10.0 Å². The summed E-state index contributed by atoms with van der Waals surface area (Å²) in [5.74, 6) is -1.06. The minimum atomic E-state index is -0.835. The van der Waals surface area contributed by atoms with Gasteiger partial charge in [-0.1, -0.05) is 47.5 Å². The highest BCUT2D eigenvalue weighted by atomic mass is 35.5. The fraction of sp³-hybridized carbons (Fsp3) is 0.462. The Morgan fingerprint density at radius 3 is 1.68 bits per heavy atom. The summed E-state index contributed by atoms with van der Waals surface area (Å²) in [7, 11) is 0. The largest absolute Gasteiger partial charge is 0.481 e. The second-order valence-electron chi connectivity index (χ2n) is 8.46. The molecule has 0 spiro atoms. The van der Waals surface area contributed by atoms with Crippen LogP contribution in [0.1, 0.15) is 44.7 Å². The second kappa shape index (κ2) is 16.5. The number of carboxylic acids is 1. The Hall–Kier alpha value is -2.12. The lowest BCUT2D eigenvalue weighted by atomic mass is 10.2. The third-order valence-electron chi connectivity index (χ3n) is 4.18. The predicted octanol–water partition coefficient (Wildman–Crippen LogP) is 6.00. The summed E-state index contributed by atoms with van der Waals surface area (Å²) in [6.07, 6.45) is 1.87. The number of aliphatic carboxylic acids is 1. The molecule has 188 valence electrons. The fourth-order valence-electron chi connectivity index (χ4n) is 2.68. The molecule has 1 N–H and O–H groups in total. The van der Waals surface area contributed by atoms with Gasteiger partial charge in [-0.25, -0.2) is 0 Å². The molecule has 0 aromatic heterocycles. The zero-order valence-corrected chi connectivity index (χ0v) is 21.5. The summed E-state index contributed by atoms with van der Waals surface area (Å²) >= 11 is 11.7. The number of carbonyl (C=O) groups excluding carboxylic acids is 1. The summed E-state index contributed by atoms with van der Waals surface area (Å²) in [6.45, 7) is 7.29. The van der Waals surface area contributed by atoms with Gasteiger partial charge in [-0.05, 0) is 69.0 Å². The van der Waals surface area contributed by atoms with Crippen LogP contribution in [0.3, 0.4) is 0 Å². The van der Waals surface area contributed by atoms with Gasteiger partial charge in [0.25, 0.3) is 0 Å². The van der Waals surface area contributed by atoms with Crippen molar-refractivity contribution in [1.82, 2.24) is 0 Å². The molecule has 0 atom stereocenters. The number of halogens is 2. The lowest BCUT2D eigenvalue weighted by molar-refractivity contribution is -0.156. The molecule has 0 bridgehead atoms. The van der Waals surface area contributed by atoms with Crippen LogP contribution >= 0.6 is 23.2 Å². The molecule has 2 aromatic carbocycles. The first-order valence-corrected chi connectivity index (χ1v) is 11.9. The first-order valence-electron chi connectivity index (χ1n) is 11.1. The zero-order valence-electron chi connectivity index (χ0n) is 20.0. The summed E-state index contributed by atoms with van der Waals surface area (Å²) in [6, 6.07) is 15.2. The summed E-state index contributed by atoms with van der Waals surface area (Å²) < 4.78 is 15.8. The molecule has 0 amide bonds. The molecule has 0 aliphatic carbocycles. The molecule has 2 aromatic rings. The zero-order chi connectivity index (χ0) is 25.4. The maximum atomic E-state index is 11.4. The molecule has 0 aliphatic heterocycles. The maximum Gasteiger partial charge on any atom is 0.308 e. The SMILES string of the molecule is CC(C)(C)OC(=O)CCOCCc1cccc(Cl)c1.O=C(O)CCOCCc1cccc(Cl)c1. The van der Waals surface area contributed by atoms with Gasteiger partial charge in [0.2, 0.25) is 0 Å². The Morgan fingerprint density at radius 1 is 0.794 bits per heavy atom. The first-order chi connectivity index (χ1) is 16.0. The average Bonchev–Trinajstić information content (AvgIpc) is 2.72. The van der Waals surface area contributed by atoms with Gasteiger partial charge in [0, 0.05) is 10.0 Å². The molecule has 34 heavy (non-hydrogen) atoms. The van der Waals surface area contributed by atoms with Crippen molar-refractivity contribution >= 4 is 35.1 Å². The van der Waals surface area contributed by atoms with Gasteiger partial charge in [-0.3, -0.25) is 9.59 Å². The summed E-state index contributed by atoms with van der Waals surface area (Å²) in [5.41, 5.74) is 1.79. The van der Waals surface area contributed by atoms with Gasteiger partial charge in [0.15, 0.2) is 0 Å². The van der Waals surface area contributed by atoms with Gasteiger partial charge in [-0.15, -0.1) is 0 Å². The van der Waals surface area contributed by atoms with Gasteiger partial charge < -0.3 is 19.3 Å². The van der Waals surface area contributed by atoms with Crippen LogP contribution in [0, 0.1) is 0 Å². The molecule has 6 nitrogen and oxygen atoms in total. The fourth-order valence-corrected chi connectivity index (χ4v) is 3.10. The molecule has 0 saturated carbocycles. The van der Waals surface area contributed by atoms with Crippen molar-refractivity contribution in [2.75, 3.05) is 26.4 Å². The number of carboxylic acid groups (broad SMARTS) is 1. The Bertz CT molecular complexity index is 880. The molecular weight excluding hydrogens is 479 g/mol. The molecule has 0 saturated heterocycles. The molecular formula is C26H34Cl2O6. The van der Waals surface area contributed by atoms with Crippen molar-refractivity contribution in [3.63, 3.8) is 0 Å². The van der Waals surface area contributed by atoms with E-state index >= 15 is 0 Å². The Morgan fingerprint density at radius 2 is 1.26 bits per heavy atom. The van der Waals surface area contributed by atoms with E-state index in [0.717, 1.165) is 29.0 Å². The predicted molar refractivity (Wildman–Crippen MR) is 135 cm³/mol. The topological polar surface area (TPSA) is 82.1 Å². The number of carbonyl (C=O) groups is 2. The van der Waals surface area contributed by atoms with Crippen LogP contribution in [0.15, 0.2) is 48.5 Å². The highest BCUT2D eigenvalue weighted by Crippen LogP contribution is 2.12. The molecule has 0 fully saturated rings. The van der Waals surface area contributed by atoms with E-state index in [-0.39, 0.29) is 25.4 Å². The van der Waals surface area contributed by atoms with Crippen molar-refractivity contribution in [2.45, 2.75) is 52.1 Å². The Labute approximate surface area is 212 Å². The van der Waals surface area contributed by atoms with E-state index in [1.165, 1.54) is 0 Å². The molecule has 0 heterocycles. The van der Waals surface area contributed by atoms with Crippen LogP contribution < -0.4 is 0 Å². The average molecular weight is 513 g/mol. The molecule has 0 aliphatic rings. The van der Waals surface area contributed by atoms with Crippen LogP contribution in [0.4, 0.5) is 0 Å². The van der Waals surface area contributed by atoms with E-state index in [1.807, 2.05) is 69.3 Å². The van der Waals surface area contributed by atoms with Crippen LogP contribution in [-0.4, -0.2) is 49.1 Å². The highest BCUT2D eigenvalue weighted by Gasteiger charge is 2.15. The summed E-state index contributed by atoms with van der Waals surface area (Å²) in [5, 5.41) is 9.80. The third-order valence-corrected chi connectivity index (χ3v) is 4.65. The van der Waals surface area contributed by atoms with Crippen molar-refractivity contribution < 1.29 is 28.9 Å². The number of hydrogen-bond donors (Lipinski definition) is 1. The van der Waals surface area contributed by atoms with Gasteiger partial charge >= 0.3 is 11.9 Å². The highest BCUT2D eigenvalue weighted by molar-refractivity contribution is 6.30.